The zero-order valence-electron chi connectivity index (χ0n) is 9.45. The van der Waals surface area contributed by atoms with E-state index in [2.05, 4.69) is 20.0 Å². The van der Waals surface area contributed by atoms with Gasteiger partial charge in [0.25, 0.3) is 0 Å². The third-order valence-corrected chi connectivity index (χ3v) is 5.63. The molecule has 0 saturated carbocycles. The van der Waals surface area contributed by atoms with Crippen molar-refractivity contribution in [2.24, 2.45) is 0 Å². The Bertz CT molecular complexity index is 96.5. The van der Waals surface area contributed by atoms with Gasteiger partial charge in [-0.05, 0) is 0 Å². The predicted octanol–water partition coefficient (Wildman–Crippen LogP) is 3.72. The van der Waals surface area contributed by atoms with Crippen LogP contribution >= 0.6 is 0 Å². The van der Waals surface area contributed by atoms with Crippen molar-refractivity contribution >= 4 is 31.7 Å². The molecule has 0 fully saturated rings. The van der Waals surface area contributed by atoms with Gasteiger partial charge in [0.15, 0.2) is 0 Å². The van der Waals surface area contributed by atoms with Crippen molar-refractivity contribution in [2.75, 3.05) is 0 Å². The Morgan fingerprint density at radius 2 is 1.42 bits per heavy atom. The van der Waals surface area contributed by atoms with Crippen molar-refractivity contribution in [3.05, 3.63) is 0 Å². The maximum atomic E-state index is 2.53. The Balaban J connectivity index is 3.01. The van der Waals surface area contributed by atoms with Crippen LogP contribution in [-0.4, -0.2) is 31.7 Å². The topological polar surface area (TPSA) is 0 Å². The molecule has 0 N–H and O–H groups in total. The van der Waals surface area contributed by atoms with Crippen LogP contribution in [0, 0.1) is 0 Å². The fourth-order valence-corrected chi connectivity index (χ4v) is 3.81. The summed E-state index contributed by atoms with van der Waals surface area (Å²) in [6.45, 7) is 7.35. The van der Waals surface area contributed by atoms with E-state index < -0.39 is 4.63 Å². The van der Waals surface area contributed by atoms with Gasteiger partial charge in [-0.15, -0.1) is 0 Å². The summed E-state index contributed by atoms with van der Waals surface area (Å²) in [5, 5.41) is 0. The first-order valence-corrected chi connectivity index (χ1v) is 12.3. The van der Waals surface area contributed by atoms with Gasteiger partial charge in [-0.25, -0.2) is 0 Å². The quantitative estimate of drug-likeness (QED) is 0.428. The zero-order chi connectivity index (χ0) is 9.45. The van der Waals surface area contributed by atoms with Crippen LogP contribution in [0.25, 0.3) is 0 Å². The molecule has 0 amide bonds. The van der Waals surface area contributed by atoms with Crippen LogP contribution < -0.4 is 0 Å². The second-order valence-corrected chi connectivity index (χ2v) is 18.8. The van der Waals surface area contributed by atoms with E-state index in [1.54, 1.807) is 6.04 Å². The molecule has 0 aromatic rings. The number of unbranched alkanes of at least 4 members (excludes halogenated alkanes) is 5. The molecule has 0 aliphatic rings. The van der Waals surface area contributed by atoms with Crippen molar-refractivity contribution in [3.8, 4) is 0 Å². The summed E-state index contributed by atoms with van der Waals surface area (Å²) in [5.41, 5.74) is 0. The van der Waals surface area contributed by atoms with Gasteiger partial charge in [0.05, 0.1) is 0 Å². The molecule has 0 nitrogen and oxygen atoms in total. The zero-order valence-corrected chi connectivity index (χ0v) is 12.4. The predicted molar refractivity (Wildman–Crippen MR) is 61.4 cm³/mol. The molecular weight excluding hydrogens is 171 g/mol. The van der Waals surface area contributed by atoms with Gasteiger partial charge in [0.2, 0.25) is 0 Å². The van der Waals surface area contributed by atoms with Crippen LogP contribution in [0.4, 0.5) is 0 Å². The Hall–Kier alpha value is 1.22. The van der Waals surface area contributed by atoms with Crippen LogP contribution in [0.15, 0.2) is 0 Å². The summed E-state index contributed by atoms with van der Waals surface area (Å²) in [5.74, 6) is 0. The minimum absolute atomic E-state index is 0.587. The molecule has 0 atom stereocenters. The molecule has 0 aromatic heterocycles. The second-order valence-electron chi connectivity index (χ2n) is 5.08. The van der Waals surface area contributed by atoms with Gasteiger partial charge in [-0.3, -0.25) is 0 Å². The summed E-state index contributed by atoms with van der Waals surface area (Å²) in [4.78, 5) is 0. The van der Waals surface area contributed by atoms with Gasteiger partial charge in [0.1, 0.15) is 0 Å². The van der Waals surface area contributed by atoms with Crippen LogP contribution in [0.3, 0.4) is 0 Å². The van der Waals surface area contributed by atoms with Crippen molar-refractivity contribution in [1.82, 2.24) is 0 Å². The molecule has 68 valence electrons. The van der Waals surface area contributed by atoms with Gasteiger partial charge in [-0.1, -0.05) is 0 Å². The van der Waals surface area contributed by atoms with E-state index in [0.717, 1.165) is 0 Å². The molecule has 12 heavy (non-hydrogen) atoms. The number of hydrogen-bond acceptors (Lipinski definition) is 0. The molecule has 0 unspecified atom stereocenters. The van der Waals surface area contributed by atoms with E-state index in [1.165, 1.54) is 65.5 Å². The Morgan fingerprint density at radius 1 is 0.917 bits per heavy atom. The van der Waals surface area contributed by atoms with Crippen LogP contribution in [0.1, 0.15) is 45.4 Å². The van der Waals surface area contributed by atoms with Crippen molar-refractivity contribution in [1.29, 1.82) is 0 Å². The van der Waals surface area contributed by atoms with E-state index in [0.29, 0.717) is 0 Å². The summed E-state index contributed by atoms with van der Waals surface area (Å²) in [6, 6.07) is 1.59. The van der Waals surface area contributed by atoms with E-state index in [4.69, 9.17) is 0 Å². The number of rotatable bonds is 7. The molecular formula is C10H23NaSi. The van der Waals surface area contributed by atoms with Crippen LogP contribution in [-0.2, 0) is 0 Å². The SMILES string of the molecule is CCCCCCCC[Si](C)(C)[Na]. The maximum absolute atomic E-state index is 2.53. The average Bonchev–Trinajstić information content (AvgIpc) is 1.94. The first-order valence-electron chi connectivity index (χ1n) is 5.56. The normalized spacial score (nSPS) is 12.1. The molecule has 0 spiro atoms. The second kappa shape index (κ2) is 7.60. The van der Waals surface area contributed by atoms with E-state index in [9.17, 15) is 0 Å². The fourth-order valence-electron chi connectivity index (χ4n) is 1.44. The van der Waals surface area contributed by atoms with Gasteiger partial charge >= 0.3 is 96.2 Å². The monoisotopic (exact) mass is 194 g/mol. The fraction of sp³-hybridized carbons (Fsp3) is 1.00. The Labute approximate surface area is 95.7 Å². The number of hydrogen-bond donors (Lipinski definition) is 0. The van der Waals surface area contributed by atoms with Crippen LogP contribution in [0.5, 0.6) is 0 Å². The summed E-state index contributed by atoms with van der Waals surface area (Å²) in [6.07, 6.45) is 8.80. The Kier molecular flexibility index (Phi) is 8.38. The molecule has 0 rings (SSSR count). The first-order chi connectivity index (χ1) is 5.56. The summed E-state index contributed by atoms with van der Waals surface area (Å²) >= 11 is 1.49. The third kappa shape index (κ3) is 11.2. The van der Waals surface area contributed by atoms with E-state index >= 15 is 0 Å². The Morgan fingerprint density at radius 3 is 1.92 bits per heavy atom. The van der Waals surface area contributed by atoms with Gasteiger partial charge < -0.3 is 0 Å². The molecule has 0 aliphatic heterocycles. The van der Waals surface area contributed by atoms with Crippen molar-refractivity contribution < 1.29 is 0 Å². The standard InChI is InChI=1S/C10H23Si.Na/c1-4-5-6-7-8-9-10-11(2)3;/h4-10H2,1-3H3;. The van der Waals surface area contributed by atoms with Crippen molar-refractivity contribution in [3.63, 3.8) is 0 Å². The van der Waals surface area contributed by atoms with Crippen LogP contribution in [0.2, 0.25) is 19.1 Å². The van der Waals surface area contributed by atoms with E-state index in [-0.39, 0.29) is 0 Å². The minimum atomic E-state index is -0.587. The average molecular weight is 194 g/mol. The molecule has 2 heteroatoms. The summed E-state index contributed by atoms with van der Waals surface area (Å²) in [7, 11) is 0. The molecule has 0 bridgehead atoms. The third-order valence-electron chi connectivity index (χ3n) is 2.28. The first kappa shape index (κ1) is 13.2. The van der Waals surface area contributed by atoms with Gasteiger partial charge in [-0.2, -0.15) is 0 Å². The molecule has 0 radical (unpaired) electrons. The van der Waals surface area contributed by atoms with Crippen molar-refractivity contribution in [2.45, 2.75) is 64.6 Å². The molecule has 0 saturated heterocycles. The molecule has 0 aromatic carbocycles. The summed E-state index contributed by atoms with van der Waals surface area (Å²) < 4.78 is -0.587. The van der Waals surface area contributed by atoms with E-state index in [1.807, 2.05) is 0 Å². The van der Waals surface area contributed by atoms with Gasteiger partial charge in [0, 0.05) is 0 Å². The molecule has 0 heterocycles. The molecule has 0 aliphatic carbocycles.